The Bertz CT molecular complexity index is 397. The third-order valence-electron chi connectivity index (χ3n) is 3.06. The number of nitrogens with zero attached hydrogens (tertiary/aromatic N) is 1. The first-order chi connectivity index (χ1) is 8.74. The molecule has 1 aromatic rings. The zero-order chi connectivity index (χ0) is 12.8. The molecule has 0 bridgehead atoms. The zero-order valence-corrected chi connectivity index (χ0v) is 11.3. The van der Waals surface area contributed by atoms with E-state index < -0.39 is 0 Å². The Morgan fingerprint density at radius 2 is 2.06 bits per heavy atom. The van der Waals surface area contributed by atoms with Crippen LogP contribution in [0.3, 0.4) is 0 Å². The van der Waals surface area contributed by atoms with Crippen molar-refractivity contribution in [2.75, 3.05) is 13.2 Å². The summed E-state index contributed by atoms with van der Waals surface area (Å²) >= 11 is 0. The molecule has 1 aliphatic heterocycles. The van der Waals surface area contributed by atoms with Crippen LogP contribution in [0.4, 0.5) is 0 Å². The molecule has 1 heterocycles. The van der Waals surface area contributed by atoms with Crippen LogP contribution in [0, 0.1) is 6.92 Å². The lowest BCUT2D eigenvalue weighted by Crippen LogP contribution is -2.37. The summed E-state index contributed by atoms with van der Waals surface area (Å²) in [6.45, 7) is 5.84. The highest BCUT2D eigenvalue weighted by Gasteiger charge is 2.09. The molecule has 0 amide bonds. The lowest BCUT2D eigenvalue weighted by molar-refractivity contribution is 0.285. The van der Waals surface area contributed by atoms with E-state index in [1.54, 1.807) is 0 Å². The predicted molar refractivity (Wildman–Crippen MR) is 75.4 cm³/mol. The van der Waals surface area contributed by atoms with Crippen LogP contribution >= 0.6 is 0 Å². The molecule has 0 saturated heterocycles. The van der Waals surface area contributed by atoms with Crippen LogP contribution in [-0.2, 0) is 0 Å². The van der Waals surface area contributed by atoms with Gasteiger partial charge in [-0.3, -0.25) is 4.99 Å². The van der Waals surface area contributed by atoms with Crippen molar-refractivity contribution in [2.45, 2.75) is 39.2 Å². The number of hydrogen-bond acceptors (Lipinski definition) is 3. The molecule has 1 aliphatic rings. The van der Waals surface area contributed by atoms with E-state index in [0.29, 0.717) is 12.6 Å². The van der Waals surface area contributed by atoms with Gasteiger partial charge in [-0.25, -0.2) is 0 Å². The number of amidine groups is 1. The monoisotopic (exact) mass is 246 g/mol. The Hall–Kier alpha value is -1.51. The maximum atomic E-state index is 5.75. The van der Waals surface area contributed by atoms with Gasteiger partial charge >= 0.3 is 0 Å². The van der Waals surface area contributed by atoms with Crippen molar-refractivity contribution in [1.82, 2.24) is 5.32 Å². The first-order valence-corrected chi connectivity index (χ1v) is 6.73. The molecule has 1 unspecified atom stereocenters. The molecule has 1 atom stereocenters. The summed E-state index contributed by atoms with van der Waals surface area (Å²) in [7, 11) is 0. The molecule has 0 fully saturated rings. The maximum absolute atomic E-state index is 5.75. The van der Waals surface area contributed by atoms with Crippen molar-refractivity contribution >= 4 is 5.84 Å². The highest BCUT2D eigenvalue weighted by Crippen LogP contribution is 2.11. The minimum atomic E-state index is 0.295. The second-order valence-electron chi connectivity index (χ2n) is 4.95. The smallest absolute Gasteiger partial charge is 0.119 e. The lowest BCUT2D eigenvalue weighted by atomic mass is 10.1. The second-order valence-corrected chi connectivity index (χ2v) is 4.95. The normalized spacial score (nSPS) is 16.9. The standard InChI is InChI=1S/C15H22N2O/c1-12-6-8-14(9-7-12)18-11-13(2)17-15-5-3-4-10-16-15/h6-9,13H,3-5,10-11H2,1-2H3,(H,16,17). The van der Waals surface area contributed by atoms with Crippen molar-refractivity contribution in [1.29, 1.82) is 0 Å². The summed E-state index contributed by atoms with van der Waals surface area (Å²) < 4.78 is 5.75. The molecule has 0 radical (unpaired) electrons. The molecule has 1 N–H and O–H groups in total. The Labute approximate surface area is 109 Å². The summed E-state index contributed by atoms with van der Waals surface area (Å²) in [4.78, 5) is 4.49. The minimum absolute atomic E-state index is 0.295. The van der Waals surface area contributed by atoms with Gasteiger partial charge < -0.3 is 10.1 Å². The molecular weight excluding hydrogens is 224 g/mol. The van der Waals surface area contributed by atoms with E-state index in [0.717, 1.165) is 24.6 Å². The van der Waals surface area contributed by atoms with Crippen molar-refractivity contribution in [2.24, 2.45) is 4.99 Å². The van der Waals surface area contributed by atoms with E-state index in [1.807, 2.05) is 12.1 Å². The Kier molecular flexibility index (Phi) is 4.62. The molecule has 98 valence electrons. The van der Waals surface area contributed by atoms with Crippen LogP contribution in [0.5, 0.6) is 5.75 Å². The number of aryl methyl sites for hydroxylation is 1. The Morgan fingerprint density at radius 3 is 2.72 bits per heavy atom. The number of aliphatic imine (C=N–C) groups is 1. The average molecular weight is 246 g/mol. The van der Waals surface area contributed by atoms with E-state index in [2.05, 4.69) is 36.3 Å². The number of ether oxygens (including phenoxy) is 1. The third-order valence-corrected chi connectivity index (χ3v) is 3.06. The average Bonchev–Trinajstić information content (AvgIpc) is 2.39. The second kappa shape index (κ2) is 6.43. The van der Waals surface area contributed by atoms with Crippen molar-refractivity contribution in [3.8, 4) is 5.75 Å². The van der Waals surface area contributed by atoms with Gasteiger partial charge in [0.25, 0.3) is 0 Å². The van der Waals surface area contributed by atoms with Crippen LogP contribution in [-0.4, -0.2) is 25.0 Å². The molecule has 18 heavy (non-hydrogen) atoms. The summed E-state index contributed by atoms with van der Waals surface area (Å²) in [6.07, 6.45) is 3.55. The number of benzene rings is 1. The van der Waals surface area contributed by atoms with Gasteiger partial charge in [-0.15, -0.1) is 0 Å². The summed E-state index contributed by atoms with van der Waals surface area (Å²) in [5, 5.41) is 3.43. The fraction of sp³-hybridized carbons (Fsp3) is 0.533. The molecule has 1 aromatic carbocycles. The topological polar surface area (TPSA) is 33.6 Å². The number of rotatable bonds is 4. The fourth-order valence-corrected chi connectivity index (χ4v) is 2.00. The Balaban J connectivity index is 1.75. The van der Waals surface area contributed by atoms with Gasteiger partial charge in [0.2, 0.25) is 0 Å². The summed E-state index contributed by atoms with van der Waals surface area (Å²) in [5.74, 6) is 2.07. The first-order valence-electron chi connectivity index (χ1n) is 6.73. The highest BCUT2D eigenvalue weighted by atomic mass is 16.5. The Morgan fingerprint density at radius 1 is 1.28 bits per heavy atom. The first kappa shape index (κ1) is 12.9. The van der Waals surface area contributed by atoms with E-state index in [-0.39, 0.29) is 0 Å². The van der Waals surface area contributed by atoms with E-state index in [4.69, 9.17) is 4.74 Å². The molecule has 0 aromatic heterocycles. The quantitative estimate of drug-likeness (QED) is 0.886. The molecule has 0 saturated carbocycles. The van der Waals surface area contributed by atoms with Gasteiger partial charge in [-0.2, -0.15) is 0 Å². The van der Waals surface area contributed by atoms with Crippen LogP contribution < -0.4 is 10.1 Å². The SMILES string of the molecule is Cc1ccc(OCC(C)NC2=NCCCC2)cc1. The summed E-state index contributed by atoms with van der Waals surface area (Å²) in [5.41, 5.74) is 1.25. The summed E-state index contributed by atoms with van der Waals surface area (Å²) in [6, 6.07) is 8.46. The van der Waals surface area contributed by atoms with Gasteiger partial charge in [0.1, 0.15) is 12.4 Å². The third kappa shape index (κ3) is 4.06. The molecule has 0 aliphatic carbocycles. The van der Waals surface area contributed by atoms with Gasteiger partial charge in [0.05, 0.1) is 11.9 Å². The van der Waals surface area contributed by atoms with Crippen molar-refractivity contribution < 1.29 is 4.74 Å². The molecule has 0 spiro atoms. The van der Waals surface area contributed by atoms with E-state index in [9.17, 15) is 0 Å². The van der Waals surface area contributed by atoms with Gasteiger partial charge in [-0.1, -0.05) is 17.7 Å². The molecular formula is C15H22N2O. The van der Waals surface area contributed by atoms with Crippen LogP contribution in [0.15, 0.2) is 29.3 Å². The van der Waals surface area contributed by atoms with Gasteiger partial charge in [0, 0.05) is 13.0 Å². The minimum Gasteiger partial charge on any atom is -0.491 e. The highest BCUT2D eigenvalue weighted by molar-refractivity contribution is 5.82. The maximum Gasteiger partial charge on any atom is 0.119 e. The van der Waals surface area contributed by atoms with Gasteiger partial charge in [-0.05, 0) is 38.8 Å². The van der Waals surface area contributed by atoms with Gasteiger partial charge in [0.15, 0.2) is 0 Å². The lowest BCUT2D eigenvalue weighted by Gasteiger charge is -2.19. The van der Waals surface area contributed by atoms with Crippen LogP contribution in [0.2, 0.25) is 0 Å². The fourth-order valence-electron chi connectivity index (χ4n) is 2.00. The predicted octanol–water partition coefficient (Wildman–Crippen LogP) is 2.93. The number of hydrogen-bond donors (Lipinski definition) is 1. The van der Waals surface area contributed by atoms with Crippen molar-refractivity contribution in [3.05, 3.63) is 29.8 Å². The number of nitrogens with one attached hydrogen (secondary N) is 1. The molecule has 3 nitrogen and oxygen atoms in total. The zero-order valence-electron chi connectivity index (χ0n) is 11.3. The van der Waals surface area contributed by atoms with Crippen molar-refractivity contribution in [3.63, 3.8) is 0 Å². The largest absolute Gasteiger partial charge is 0.491 e. The van der Waals surface area contributed by atoms with Crippen LogP contribution in [0.1, 0.15) is 31.7 Å². The van der Waals surface area contributed by atoms with E-state index >= 15 is 0 Å². The van der Waals surface area contributed by atoms with Crippen LogP contribution in [0.25, 0.3) is 0 Å². The van der Waals surface area contributed by atoms with E-state index in [1.165, 1.54) is 18.4 Å². The molecule has 3 heteroatoms. The molecule has 2 rings (SSSR count).